The van der Waals surface area contributed by atoms with Gasteiger partial charge in [0.25, 0.3) is 5.91 Å². The number of aromatic nitrogens is 2. The number of ether oxygens (including phenoxy) is 1. The van der Waals surface area contributed by atoms with Crippen molar-refractivity contribution in [2.24, 2.45) is 5.92 Å². The summed E-state index contributed by atoms with van der Waals surface area (Å²) >= 11 is 3.39. The molecular weight excluding hydrogens is 436 g/mol. The second kappa shape index (κ2) is 9.65. The lowest BCUT2D eigenvalue weighted by molar-refractivity contribution is 0.0324. The number of carbonyl (C=O) groups is 1. The van der Waals surface area contributed by atoms with E-state index in [1.54, 1.807) is 23.4 Å². The summed E-state index contributed by atoms with van der Waals surface area (Å²) in [6.45, 7) is 5.66. The van der Waals surface area contributed by atoms with E-state index in [4.69, 9.17) is 4.74 Å². The van der Waals surface area contributed by atoms with Gasteiger partial charge < -0.3 is 14.7 Å². The summed E-state index contributed by atoms with van der Waals surface area (Å²) in [5.41, 5.74) is 1.39. The molecule has 29 heavy (non-hydrogen) atoms. The van der Waals surface area contributed by atoms with E-state index in [1.807, 2.05) is 32.2 Å². The molecule has 7 nitrogen and oxygen atoms in total. The number of carbonyl (C=O) groups excluding carboxylic acids is 1. The second-order valence-corrected chi connectivity index (χ2v) is 8.56. The number of aliphatic hydroxyl groups excluding tert-OH is 1. The van der Waals surface area contributed by atoms with Crippen LogP contribution in [0.3, 0.4) is 0 Å². The molecule has 0 bridgehead atoms. The largest absolute Gasteiger partial charge is 0.472 e. The number of rotatable bonds is 6. The van der Waals surface area contributed by atoms with Crippen molar-refractivity contribution in [3.8, 4) is 5.88 Å². The average Bonchev–Trinajstić information content (AvgIpc) is 2.71. The number of aliphatic hydroxyl groups is 1. The molecule has 8 heteroatoms. The van der Waals surface area contributed by atoms with Gasteiger partial charge in [-0.05, 0) is 48.1 Å². The fourth-order valence-electron chi connectivity index (χ4n) is 3.43. The number of hydrogen-bond donors (Lipinski definition) is 1. The first-order valence-electron chi connectivity index (χ1n) is 9.71. The molecule has 2 aromatic rings. The number of fused-ring (bicyclic) bond motifs is 1. The molecule has 1 N–H and O–H groups in total. The van der Waals surface area contributed by atoms with Crippen molar-refractivity contribution in [3.63, 3.8) is 0 Å². The Kier molecular flexibility index (Phi) is 7.21. The van der Waals surface area contributed by atoms with Crippen molar-refractivity contribution in [1.82, 2.24) is 19.8 Å². The maximum Gasteiger partial charge on any atom is 0.259 e. The van der Waals surface area contributed by atoms with Crippen LogP contribution >= 0.6 is 15.9 Å². The minimum Gasteiger partial charge on any atom is -0.472 e. The molecule has 0 saturated heterocycles. The Hall–Kier alpha value is -2.03. The van der Waals surface area contributed by atoms with Gasteiger partial charge in [-0.1, -0.05) is 13.0 Å². The zero-order valence-electron chi connectivity index (χ0n) is 17.0. The van der Waals surface area contributed by atoms with Crippen LogP contribution in [0.4, 0.5) is 0 Å². The Morgan fingerprint density at radius 2 is 2.21 bits per heavy atom. The predicted octanol–water partition coefficient (Wildman–Crippen LogP) is 2.59. The molecule has 0 aliphatic carbocycles. The molecule has 3 atom stereocenters. The Balaban J connectivity index is 1.85. The van der Waals surface area contributed by atoms with Gasteiger partial charge in [0.15, 0.2) is 0 Å². The van der Waals surface area contributed by atoms with E-state index in [-0.39, 0.29) is 30.6 Å². The Morgan fingerprint density at radius 3 is 2.90 bits per heavy atom. The Morgan fingerprint density at radius 1 is 1.41 bits per heavy atom. The quantitative estimate of drug-likeness (QED) is 0.710. The molecule has 0 saturated carbocycles. The van der Waals surface area contributed by atoms with Crippen molar-refractivity contribution in [3.05, 3.63) is 52.4 Å². The lowest BCUT2D eigenvalue weighted by Gasteiger charge is -2.37. The first-order valence-corrected chi connectivity index (χ1v) is 10.5. The van der Waals surface area contributed by atoms with Crippen LogP contribution in [0, 0.1) is 5.92 Å². The van der Waals surface area contributed by atoms with Crippen LogP contribution in [0.15, 0.2) is 41.1 Å². The molecule has 3 rings (SSSR count). The smallest absolute Gasteiger partial charge is 0.259 e. The number of pyridine rings is 2. The third-order valence-corrected chi connectivity index (χ3v) is 5.57. The zero-order valence-corrected chi connectivity index (χ0v) is 18.5. The highest BCUT2D eigenvalue weighted by Crippen LogP contribution is 2.28. The predicted molar refractivity (Wildman–Crippen MR) is 114 cm³/mol. The lowest BCUT2D eigenvalue weighted by atomic mass is 10.00. The lowest BCUT2D eigenvalue weighted by Crippen LogP contribution is -2.49. The standard InChI is InChI=1S/C21H27BrN4O3/c1-14-10-26(15(2)13-27)21(28)18-8-16(22)9-24-20(18)29-19(14)12-25(3)11-17-6-4-5-7-23-17/h4-9,14-15,19,27H,10-13H2,1-3H3/t14-,15+,19-/m1/s1. The highest BCUT2D eigenvalue weighted by molar-refractivity contribution is 9.10. The van der Waals surface area contributed by atoms with Crippen LogP contribution in [0.1, 0.15) is 29.9 Å². The molecule has 0 radical (unpaired) electrons. The van der Waals surface area contributed by atoms with Crippen LogP contribution in [0.25, 0.3) is 0 Å². The van der Waals surface area contributed by atoms with Gasteiger partial charge in [-0.15, -0.1) is 0 Å². The molecule has 0 aromatic carbocycles. The minimum atomic E-state index is -0.290. The molecule has 0 unspecified atom stereocenters. The summed E-state index contributed by atoms with van der Waals surface area (Å²) < 4.78 is 6.95. The molecule has 0 spiro atoms. The second-order valence-electron chi connectivity index (χ2n) is 7.65. The van der Waals surface area contributed by atoms with E-state index < -0.39 is 0 Å². The summed E-state index contributed by atoms with van der Waals surface area (Å²) in [5, 5.41) is 9.67. The number of amides is 1. The third kappa shape index (κ3) is 5.32. The van der Waals surface area contributed by atoms with E-state index in [0.29, 0.717) is 35.6 Å². The number of nitrogens with zero attached hydrogens (tertiary/aromatic N) is 4. The van der Waals surface area contributed by atoms with Gasteiger partial charge in [0, 0.05) is 42.4 Å². The maximum absolute atomic E-state index is 13.1. The molecule has 1 aliphatic heterocycles. The third-order valence-electron chi connectivity index (χ3n) is 5.14. The van der Waals surface area contributed by atoms with Gasteiger partial charge in [-0.2, -0.15) is 0 Å². The van der Waals surface area contributed by atoms with E-state index in [2.05, 4.69) is 37.7 Å². The molecule has 0 fully saturated rings. The molecule has 2 aromatic heterocycles. The highest BCUT2D eigenvalue weighted by Gasteiger charge is 2.34. The fourth-order valence-corrected chi connectivity index (χ4v) is 3.77. The summed E-state index contributed by atoms with van der Waals surface area (Å²) in [5.74, 6) is 0.205. The fraction of sp³-hybridized carbons (Fsp3) is 0.476. The Labute approximate surface area is 179 Å². The van der Waals surface area contributed by atoms with E-state index in [0.717, 1.165) is 5.69 Å². The first-order chi connectivity index (χ1) is 13.9. The zero-order chi connectivity index (χ0) is 21.0. The van der Waals surface area contributed by atoms with Gasteiger partial charge in [0.1, 0.15) is 11.7 Å². The topological polar surface area (TPSA) is 78.8 Å². The molecule has 3 heterocycles. The van der Waals surface area contributed by atoms with Gasteiger partial charge in [0.2, 0.25) is 5.88 Å². The van der Waals surface area contributed by atoms with Crippen molar-refractivity contribution in [2.75, 3.05) is 26.7 Å². The summed E-state index contributed by atoms with van der Waals surface area (Å²) in [4.78, 5) is 25.7. The van der Waals surface area contributed by atoms with Crippen LogP contribution in [0.2, 0.25) is 0 Å². The van der Waals surface area contributed by atoms with Gasteiger partial charge in [-0.25, -0.2) is 4.98 Å². The van der Waals surface area contributed by atoms with Crippen molar-refractivity contribution in [2.45, 2.75) is 32.5 Å². The Bertz CT molecular complexity index is 836. The van der Waals surface area contributed by atoms with E-state index in [1.165, 1.54) is 0 Å². The van der Waals surface area contributed by atoms with Gasteiger partial charge in [-0.3, -0.25) is 14.7 Å². The number of hydrogen-bond acceptors (Lipinski definition) is 6. The summed E-state index contributed by atoms with van der Waals surface area (Å²) in [7, 11) is 2.03. The minimum absolute atomic E-state index is 0.0535. The van der Waals surface area contributed by atoms with Crippen molar-refractivity contribution >= 4 is 21.8 Å². The normalized spacial score (nSPS) is 20.6. The highest BCUT2D eigenvalue weighted by atomic mass is 79.9. The number of likely N-dealkylation sites (N-methyl/N-ethyl adjacent to an activating group) is 1. The van der Waals surface area contributed by atoms with Gasteiger partial charge in [0.05, 0.1) is 18.3 Å². The first kappa shape index (κ1) is 21.7. The molecule has 156 valence electrons. The molecule has 1 amide bonds. The molecular formula is C21H27BrN4O3. The van der Waals surface area contributed by atoms with Gasteiger partial charge >= 0.3 is 0 Å². The summed E-state index contributed by atoms with van der Waals surface area (Å²) in [6, 6.07) is 7.31. The molecule has 1 aliphatic rings. The maximum atomic E-state index is 13.1. The van der Waals surface area contributed by atoms with Crippen LogP contribution < -0.4 is 4.74 Å². The number of halogens is 1. The van der Waals surface area contributed by atoms with Crippen LogP contribution in [-0.2, 0) is 6.54 Å². The SMILES string of the molecule is C[C@@H]1CN([C@@H](C)CO)C(=O)c2cc(Br)cnc2O[C@@H]1CN(C)Cc1ccccn1. The van der Waals surface area contributed by atoms with Crippen LogP contribution in [-0.4, -0.2) is 69.7 Å². The van der Waals surface area contributed by atoms with Crippen molar-refractivity contribution < 1.29 is 14.6 Å². The monoisotopic (exact) mass is 462 g/mol. The van der Waals surface area contributed by atoms with E-state index in [9.17, 15) is 9.90 Å². The average molecular weight is 463 g/mol. The summed E-state index contributed by atoms with van der Waals surface area (Å²) in [6.07, 6.45) is 3.25. The van der Waals surface area contributed by atoms with E-state index >= 15 is 0 Å². The van der Waals surface area contributed by atoms with Crippen molar-refractivity contribution in [1.29, 1.82) is 0 Å². The van der Waals surface area contributed by atoms with Crippen LogP contribution in [0.5, 0.6) is 5.88 Å².